The Hall–Kier alpha value is -3.80. The van der Waals surface area contributed by atoms with Crippen molar-refractivity contribution < 1.29 is 14.3 Å². The fraction of sp³-hybridized carbons (Fsp3) is 0.417. The SMILES string of the molecule is CC(C)(C)OC(=O)N1CCC(CNc2nccc(/C(C#N)=C3/Nc4ccccc4O3)n2)CC1. The monoisotopic (exact) mass is 448 g/mol. The average Bonchev–Trinajstić information content (AvgIpc) is 3.21. The topological polar surface area (TPSA) is 112 Å². The number of carbonyl (C=O) groups excluding carboxylic acids is 1. The number of likely N-dealkylation sites (tertiary alicyclic amines) is 1. The number of piperidine rings is 1. The van der Waals surface area contributed by atoms with Crippen molar-refractivity contribution in [2.45, 2.75) is 39.2 Å². The van der Waals surface area contributed by atoms with Crippen LogP contribution in [0.3, 0.4) is 0 Å². The molecule has 9 nitrogen and oxygen atoms in total. The van der Waals surface area contributed by atoms with Gasteiger partial charge in [-0.15, -0.1) is 0 Å². The van der Waals surface area contributed by atoms with Crippen LogP contribution in [0.15, 0.2) is 42.4 Å². The number of fused-ring (bicyclic) bond motifs is 1. The summed E-state index contributed by atoms with van der Waals surface area (Å²) in [6.45, 7) is 7.63. The summed E-state index contributed by atoms with van der Waals surface area (Å²) in [4.78, 5) is 22.8. The zero-order chi connectivity index (χ0) is 23.4. The number of para-hydroxylation sites is 2. The molecule has 1 saturated heterocycles. The minimum Gasteiger partial charge on any atom is -0.444 e. The molecule has 0 spiro atoms. The number of carbonyl (C=O) groups is 1. The summed E-state index contributed by atoms with van der Waals surface area (Å²) in [5.74, 6) is 1.87. The number of allylic oxidation sites excluding steroid dienone is 1. The summed E-state index contributed by atoms with van der Waals surface area (Å²) in [7, 11) is 0. The van der Waals surface area contributed by atoms with Gasteiger partial charge in [-0.2, -0.15) is 5.26 Å². The maximum absolute atomic E-state index is 12.2. The molecular weight excluding hydrogens is 420 g/mol. The molecule has 0 aliphatic carbocycles. The summed E-state index contributed by atoms with van der Waals surface area (Å²) < 4.78 is 11.2. The van der Waals surface area contributed by atoms with Crippen molar-refractivity contribution in [2.75, 3.05) is 30.3 Å². The molecule has 2 aliphatic rings. The lowest BCUT2D eigenvalue weighted by Crippen LogP contribution is -2.42. The van der Waals surface area contributed by atoms with Crippen LogP contribution in [0, 0.1) is 17.2 Å². The minimum absolute atomic E-state index is 0.257. The number of ether oxygens (including phenoxy) is 2. The van der Waals surface area contributed by atoms with Gasteiger partial charge in [-0.05, 0) is 57.7 Å². The molecule has 2 aliphatic heterocycles. The highest BCUT2D eigenvalue weighted by molar-refractivity contribution is 5.81. The molecule has 3 heterocycles. The van der Waals surface area contributed by atoms with Crippen molar-refractivity contribution in [1.82, 2.24) is 14.9 Å². The average molecular weight is 449 g/mol. The van der Waals surface area contributed by atoms with Gasteiger partial charge in [0.2, 0.25) is 11.8 Å². The summed E-state index contributed by atoms with van der Waals surface area (Å²) >= 11 is 0. The molecule has 172 valence electrons. The highest BCUT2D eigenvalue weighted by atomic mass is 16.6. The number of amides is 1. The van der Waals surface area contributed by atoms with E-state index in [9.17, 15) is 10.1 Å². The zero-order valence-corrected chi connectivity index (χ0v) is 19.1. The van der Waals surface area contributed by atoms with Crippen molar-refractivity contribution >= 4 is 23.3 Å². The quantitative estimate of drug-likeness (QED) is 0.668. The molecule has 0 atom stereocenters. The number of nitriles is 1. The lowest BCUT2D eigenvalue weighted by Gasteiger charge is -2.33. The first-order valence-electron chi connectivity index (χ1n) is 11.1. The predicted octanol–water partition coefficient (Wildman–Crippen LogP) is 4.23. The Labute approximate surface area is 193 Å². The van der Waals surface area contributed by atoms with E-state index in [1.807, 2.05) is 45.0 Å². The number of nitrogens with one attached hydrogen (secondary N) is 2. The molecule has 0 bridgehead atoms. The van der Waals surface area contributed by atoms with Gasteiger partial charge in [0.1, 0.15) is 17.2 Å². The molecular formula is C24H28N6O3. The van der Waals surface area contributed by atoms with Crippen LogP contribution in [-0.4, -0.2) is 46.2 Å². The third-order valence-electron chi connectivity index (χ3n) is 5.41. The fourth-order valence-electron chi connectivity index (χ4n) is 3.72. The van der Waals surface area contributed by atoms with Crippen molar-refractivity contribution in [1.29, 1.82) is 5.26 Å². The minimum atomic E-state index is -0.489. The van der Waals surface area contributed by atoms with Gasteiger partial charge in [0.05, 0.1) is 11.4 Å². The lowest BCUT2D eigenvalue weighted by atomic mass is 9.97. The van der Waals surface area contributed by atoms with Crippen LogP contribution in [0.2, 0.25) is 0 Å². The number of hydrogen-bond acceptors (Lipinski definition) is 8. The van der Waals surface area contributed by atoms with E-state index in [0.29, 0.717) is 54.4 Å². The molecule has 1 fully saturated rings. The largest absolute Gasteiger partial charge is 0.444 e. The Bertz CT molecular complexity index is 1070. The Morgan fingerprint density at radius 1 is 1.30 bits per heavy atom. The molecule has 33 heavy (non-hydrogen) atoms. The Morgan fingerprint density at radius 2 is 2.06 bits per heavy atom. The second-order valence-electron chi connectivity index (χ2n) is 9.10. The first-order valence-corrected chi connectivity index (χ1v) is 11.1. The summed E-state index contributed by atoms with van der Waals surface area (Å²) in [5, 5.41) is 16.1. The van der Waals surface area contributed by atoms with E-state index >= 15 is 0 Å². The van der Waals surface area contributed by atoms with E-state index in [1.54, 1.807) is 17.2 Å². The van der Waals surface area contributed by atoms with E-state index in [1.165, 1.54) is 0 Å². The van der Waals surface area contributed by atoms with Gasteiger partial charge in [0, 0.05) is 25.8 Å². The first kappa shape index (κ1) is 22.4. The van der Waals surface area contributed by atoms with Gasteiger partial charge in [0.25, 0.3) is 0 Å². The third-order valence-corrected chi connectivity index (χ3v) is 5.41. The van der Waals surface area contributed by atoms with E-state index in [-0.39, 0.29) is 6.09 Å². The molecule has 9 heteroatoms. The standard InChI is InChI=1S/C24H28N6O3/c1-24(2,3)33-23(31)30-12-9-16(10-13-30)15-27-22-26-11-8-18(29-22)17(14-25)21-28-19-6-4-5-7-20(19)32-21/h4-8,11,16,28H,9-10,12-13,15H2,1-3H3,(H,26,27,29)/b21-17-. The molecule has 1 aromatic carbocycles. The van der Waals surface area contributed by atoms with E-state index < -0.39 is 5.60 Å². The number of hydrogen-bond donors (Lipinski definition) is 2. The fourth-order valence-corrected chi connectivity index (χ4v) is 3.72. The molecule has 2 N–H and O–H groups in total. The highest BCUT2D eigenvalue weighted by Crippen LogP contribution is 2.35. The van der Waals surface area contributed by atoms with Crippen LogP contribution < -0.4 is 15.4 Å². The third kappa shape index (κ3) is 5.52. The molecule has 0 saturated carbocycles. The van der Waals surface area contributed by atoms with Crippen LogP contribution in [-0.2, 0) is 4.74 Å². The Morgan fingerprint density at radius 3 is 2.76 bits per heavy atom. The van der Waals surface area contributed by atoms with Crippen LogP contribution in [0.5, 0.6) is 5.75 Å². The summed E-state index contributed by atoms with van der Waals surface area (Å²) in [6.07, 6.45) is 3.10. The number of aromatic nitrogens is 2. The second-order valence-corrected chi connectivity index (χ2v) is 9.10. The maximum Gasteiger partial charge on any atom is 0.410 e. The van der Waals surface area contributed by atoms with Crippen molar-refractivity contribution in [3.8, 4) is 11.8 Å². The maximum atomic E-state index is 12.2. The summed E-state index contributed by atoms with van der Waals surface area (Å²) in [5.41, 5.74) is 1.11. The Balaban J connectivity index is 1.35. The number of benzene rings is 1. The smallest absolute Gasteiger partial charge is 0.410 e. The van der Waals surface area contributed by atoms with Gasteiger partial charge in [0.15, 0.2) is 5.75 Å². The van der Waals surface area contributed by atoms with Gasteiger partial charge in [-0.3, -0.25) is 0 Å². The van der Waals surface area contributed by atoms with Gasteiger partial charge >= 0.3 is 6.09 Å². The van der Waals surface area contributed by atoms with E-state index in [2.05, 4.69) is 26.7 Å². The summed E-state index contributed by atoms with van der Waals surface area (Å²) in [6, 6.07) is 11.4. The molecule has 0 unspecified atom stereocenters. The Kier molecular flexibility index (Phi) is 6.36. The molecule has 2 aromatic rings. The lowest BCUT2D eigenvalue weighted by molar-refractivity contribution is 0.0188. The number of nitrogens with zero attached hydrogens (tertiary/aromatic N) is 4. The second kappa shape index (κ2) is 9.36. The van der Waals surface area contributed by atoms with Gasteiger partial charge < -0.3 is 25.0 Å². The first-order chi connectivity index (χ1) is 15.8. The zero-order valence-electron chi connectivity index (χ0n) is 19.1. The van der Waals surface area contributed by atoms with E-state index in [0.717, 1.165) is 18.5 Å². The van der Waals surface area contributed by atoms with Crippen LogP contribution in [0.4, 0.5) is 16.4 Å². The number of anilines is 2. The molecule has 1 amide bonds. The highest BCUT2D eigenvalue weighted by Gasteiger charge is 2.27. The van der Waals surface area contributed by atoms with Gasteiger partial charge in [-0.1, -0.05) is 12.1 Å². The van der Waals surface area contributed by atoms with E-state index in [4.69, 9.17) is 9.47 Å². The normalized spacial score (nSPS) is 17.3. The molecule has 1 aromatic heterocycles. The van der Waals surface area contributed by atoms with Crippen molar-refractivity contribution in [2.24, 2.45) is 5.92 Å². The number of rotatable bonds is 4. The van der Waals surface area contributed by atoms with Crippen LogP contribution >= 0.6 is 0 Å². The van der Waals surface area contributed by atoms with Crippen molar-refractivity contribution in [3.63, 3.8) is 0 Å². The van der Waals surface area contributed by atoms with Crippen LogP contribution in [0.1, 0.15) is 39.3 Å². The molecule has 4 rings (SSSR count). The predicted molar refractivity (Wildman–Crippen MR) is 124 cm³/mol. The van der Waals surface area contributed by atoms with Gasteiger partial charge in [-0.25, -0.2) is 14.8 Å². The molecule has 0 radical (unpaired) electrons. The van der Waals surface area contributed by atoms with Crippen LogP contribution in [0.25, 0.3) is 5.57 Å². The van der Waals surface area contributed by atoms with Crippen molar-refractivity contribution in [3.05, 3.63) is 48.1 Å².